The maximum absolute atomic E-state index is 12.6. The van der Waals surface area contributed by atoms with E-state index in [1.807, 2.05) is 85.8 Å². The van der Waals surface area contributed by atoms with Crippen LogP contribution in [0, 0.1) is 6.92 Å². The molecule has 118 valence electrons. The molecule has 0 aliphatic rings. The Morgan fingerprint density at radius 2 is 1.42 bits per heavy atom. The second-order valence-electron chi connectivity index (χ2n) is 5.73. The van der Waals surface area contributed by atoms with Gasteiger partial charge in [-0.15, -0.1) is 0 Å². The number of hydrogen-bond donors (Lipinski definition) is 0. The highest BCUT2D eigenvalue weighted by atomic mass is 16.1. The van der Waals surface area contributed by atoms with Crippen molar-refractivity contribution in [3.8, 4) is 0 Å². The van der Waals surface area contributed by atoms with Crippen molar-refractivity contribution in [3.05, 3.63) is 102 Å². The first-order chi connectivity index (χ1) is 11.7. The number of ketones is 1. The van der Waals surface area contributed by atoms with Crippen molar-refractivity contribution in [1.29, 1.82) is 0 Å². The van der Waals surface area contributed by atoms with Gasteiger partial charge in [-0.3, -0.25) is 9.79 Å². The largest absolute Gasteiger partial charge is 0.294 e. The molecule has 0 aromatic heterocycles. The highest BCUT2D eigenvalue weighted by molar-refractivity contribution is 6.16. The molecule has 3 aromatic carbocycles. The number of aryl methyl sites for hydroxylation is 1. The van der Waals surface area contributed by atoms with E-state index in [2.05, 4.69) is 6.07 Å². The van der Waals surface area contributed by atoms with E-state index in [9.17, 15) is 4.79 Å². The molecule has 2 heteroatoms. The number of carbonyl (C=O) groups is 1. The van der Waals surface area contributed by atoms with E-state index in [0.717, 1.165) is 22.5 Å². The van der Waals surface area contributed by atoms with Crippen LogP contribution in [0.5, 0.6) is 0 Å². The van der Waals surface area contributed by atoms with Crippen LogP contribution in [-0.2, 0) is 0 Å². The Labute approximate surface area is 142 Å². The first-order valence-corrected chi connectivity index (χ1v) is 8.00. The monoisotopic (exact) mass is 313 g/mol. The lowest BCUT2D eigenvalue weighted by atomic mass is 9.99. The Kier molecular flexibility index (Phi) is 4.97. The van der Waals surface area contributed by atoms with Crippen molar-refractivity contribution in [2.45, 2.75) is 13.3 Å². The third-order valence-electron chi connectivity index (χ3n) is 3.80. The van der Waals surface area contributed by atoms with E-state index in [4.69, 9.17) is 4.99 Å². The molecule has 3 rings (SSSR count). The van der Waals surface area contributed by atoms with Crippen molar-refractivity contribution in [3.63, 3.8) is 0 Å². The number of hydrogen-bond acceptors (Lipinski definition) is 2. The Hall–Kier alpha value is -3.00. The summed E-state index contributed by atoms with van der Waals surface area (Å²) in [5.74, 6) is 0.0757. The molecular weight excluding hydrogens is 294 g/mol. The molecule has 0 saturated carbocycles. The molecule has 0 aliphatic heterocycles. The Morgan fingerprint density at radius 1 is 0.792 bits per heavy atom. The number of para-hydroxylation sites is 1. The second-order valence-corrected chi connectivity index (χ2v) is 5.73. The highest BCUT2D eigenvalue weighted by Crippen LogP contribution is 2.17. The fourth-order valence-electron chi connectivity index (χ4n) is 2.57. The van der Waals surface area contributed by atoms with Gasteiger partial charge < -0.3 is 0 Å². The molecule has 0 saturated heterocycles. The van der Waals surface area contributed by atoms with Gasteiger partial charge in [0.05, 0.1) is 17.8 Å². The molecule has 0 fully saturated rings. The third kappa shape index (κ3) is 4.05. The van der Waals surface area contributed by atoms with Gasteiger partial charge in [0.25, 0.3) is 0 Å². The summed E-state index contributed by atoms with van der Waals surface area (Å²) in [4.78, 5) is 17.4. The van der Waals surface area contributed by atoms with Crippen molar-refractivity contribution >= 4 is 17.2 Å². The number of rotatable bonds is 5. The number of nitrogens with zero attached hydrogens (tertiary/aromatic N) is 1. The van der Waals surface area contributed by atoms with Crippen LogP contribution in [0.25, 0.3) is 0 Å². The summed E-state index contributed by atoms with van der Waals surface area (Å²) in [6.07, 6.45) is 0.280. The van der Waals surface area contributed by atoms with Crippen molar-refractivity contribution in [2.75, 3.05) is 0 Å². The van der Waals surface area contributed by atoms with E-state index < -0.39 is 0 Å². The topological polar surface area (TPSA) is 29.4 Å². The van der Waals surface area contributed by atoms with E-state index >= 15 is 0 Å². The van der Waals surface area contributed by atoms with Gasteiger partial charge in [0, 0.05) is 5.56 Å². The fourth-order valence-corrected chi connectivity index (χ4v) is 2.57. The summed E-state index contributed by atoms with van der Waals surface area (Å²) < 4.78 is 0. The molecule has 0 N–H and O–H groups in total. The maximum atomic E-state index is 12.6. The average molecular weight is 313 g/mol. The van der Waals surface area contributed by atoms with Crippen LogP contribution in [0.2, 0.25) is 0 Å². The standard InChI is InChI=1S/C22H19NO/c1-17-9-8-12-19(15-17)21(23-20-13-6-3-7-14-20)16-22(24)18-10-4-2-5-11-18/h2-15H,16H2,1H3. The van der Waals surface area contributed by atoms with E-state index in [-0.39, 0.29) is 12.2 Å². The van der Waals surface area contributed by atoms with Crippen LogP contribution in [0.4, 0.5) is 5.69 Å². The maximum Gasteiger partial charge on any atom is 0.168 e. The molecule has 0 spiro atoms. The lowest BCUT2D eigenvalue weighted by Crippen LogP contribution is -2.10. The summed E-state index contributed by atoms with van der Waals surface area (Å²) in [6, 6.07) is 27.2. The number of Topliss-reactive ketones (excluding diaryl/α,β-unsaturated/α-hetero) is 1. The Bertz CT molecular complexity index is 851. The van der Waals surface area contributed by atoms with Gasteiger partial charge in [0.1, 0.15) is 0 Å². The van der Waals surface area contributed by atoms with Gasteiger partial charge in [-0.25, -0.2) is 0 Å². The highest BCUT2D eigenvalue weighted by Gasteiger charge is 2.12. The van der Waals surface area contributed by atoms with Gasteiger partial charge in [-0.1, -0.05) is 78.4 Å². The SMILES string of the molecule is Cc1cccc(C(CC(=O)c2ccccc2)=Nc2ccccc2)c1. The van der Waals surface area contributed by atoms with Gasteiger partial charge in [0.15, 0.2) is 5.78 Å². The molecule has 3 aromatic rings. The molecule has 0 radical (unpaired) electrons. The lowest BCUT2D eigenvalue weighted by molar-refractivity contribution is 0.100. The van der Waals surface area contributed by atoms with E-state index in [0.29, 0.717) is 5.56 Å². The minimum absolute atomic E-state index is 0.0757. The summed E-state index contributed by atoms with van der Waals surface area (Å²) in [6.45, 7) is 2.04. The Morgan fingerprint density at radius 3 is 2.08 bits per heavy atom. The minimum Gasteiger partial charge on any atom is -0.294 e. The summed E-state index contributed by atoms with van der Waals surface area (Å²) in [5, 5.41) is 0. The summed E-state index contributed by atoms with van der Waals surface area (Å²) >= 11 is 0. The van der Waals surface area contributed by atoms with E-state index in [1.54, 1.807) is 0 Å². The summed E-state index contributed by atoms with van der Waals surface area (Å²) in [5.41, 5.74) is 4.50. The van der Waals surface area contributed by atoms with Crippen LogP contribution in [0.1, 0.15) is 27.9 Å². The third-order valence-corrected chi connectivity index (χ3v) is 3.80. The molecule has 0 bridgehead atoms. The molecule has 24 heavy (non-hydrogen) atoms. The quantitative estimate of drug-likeness (QED) is 0.459. The number of aliphatic imine (C=N–C) groups is 1. The predicted octanol–water partition coefficient (Wildman–Crippen LogP) is 5.39. The molecule has 0 unspecified atom stereocenters. The van der Waals surface area contributed by atoms with Gasteiger partial charge in [-0.2, -0.15) is 0 Å². The number of carbonyl (C=O) groups excluding carboxylic acids is 1. The predicted molar refractivity (Wildman–Crippen MR) is 99.2 cm³/mol. The van der Waals surface area contributed by atoms with Crippen molar-refractivity contribution < 1.29 is 4.79 Å². The van der Waals surface area contributed by atoms with Crippen LogP contribution < -0.4 is 0 Å². The van der Waals surface area contributed by atoms with Crippen molar-refractivity contribution in [2.24, 2.45) is 4.99 Å². The van der Waals surface area contributed by atoms with Gasteiger partial charge >= 0.3 is 0 Å². The van der Waals surface area contributed by atoms with Crippen LogP contribution in [-0.4, -0.2) is 11.5 Å². The zero-order valence-corrected chi connectivity index (χ0v) is 13.6. The zero-order valence-electron chi connectivity index (χ0n) is 13.6. The Balaban J connectivity index is 1.96. The summed E-state index contributed by atoms with van der Waals surface area (Å²) in [7, 11) is 0. The smallest absolute Gasteiger partial charge is 0.168 e. The van der Waals surface area contributed by atoms with Crippen LogP contribution in [0.15, 0.2) is 89.9 Å². The molecule has 0 amide bonds. The van der Waals surface area contributed by atoms with E-state index in [1.165, 1.54) is 0 Å². The minimum atomic E-state index is 0.0757. The van der Waals surface area contributed by atoms with Gasteiger partial charge in [-0.05, 0) is 24.6 Å². The zero-order chi connectivity index (χ0) is 16.8. The molecule has 0 aliphatic carbocycles. The normalized spacial score (nSPS) is 11.3. The average Bonchev–Trinajstić information content (AvgIpc) is 2.63. The van der Waals surface area contributed by atoms with Crippen LogP contribution >= 0.6 is 0 Å². The fraction of sp³-hybridized carbons (Fsp3) is 0.0909. The lowest BCUT2D eigenvalue weighted by Gasteiger charge is -2.08. The van der Waals surface area contributed by atoms with Crippen molar-refractivity contribution in [1.82, 2.24) is 0 Å². The number of benzene rings is 3. The van der Waals surface area contributed by atoms with Gasteiger partial charge in [0.2, 0.25) is 0 Å². The first-order valence-electron chi connectivity index (χ1n) is 8.00. The van der Waals surface area contributed by atoms with Crippen LogP contribution in [0.3, 0.4) is 0 Å². The molecule has 0 atom stereocenters. The molecular formula is C22H19NO. The second kappa shape index (κ2) is 7.51. The molecule has 0 heterocycles. The molecule has 2 nitrogen and oxygen atoms in total. The first kappa shape index (κ1) is 15.9.